The van der Waals surface area contributed by atoms with E-state index in [1.54, 1.807) is 0 Å². The maximum absolute atomic E-state index is 8.85. The quantitative estimate of drug-likeness (QED) is 0.602. The third-order valence-electron chi connectivity index (χ3n) is 3.49. The molecule has 0 N–H and O–H groups in total. The Morgan fingerprint density at radius 2 is 2.27 bits per heavy atom. The van der Waals surface area contributed by atoms with Gasteiger partial charge in [-0.25, -0.2) is 0 Å². The Balaban J connectivity index is 2.10. The summed E-state index contributed by atoms with van der Waals surface area (Å²) in [7, 11) is 0. The maximum Gasteiger partial charge on any atom is 0.110 e. The van der Waals surface area contributed by atoms with E-state index in [1.165, 1.54) is 11.1 Å². The average Bonchev–Trinajstić information content (AvgIpc) is 2.97. The SMILES string of the molecule is CC1(C)Cc2ccc(C#N)cc2[C@@H]2O[C@@H]21. The van der Waals surface area contributed by atoms with Gasteiger partial charge >= 0.3 is 0 Å². The molecule has 0 amide bonds. The molecule has 0 radical (unpaired) electrons. The Morgan fingerprint density at radius 3 is 3.00 bits per heavy atom. The van der Waals surface area contributed by atoms with Gasteiger partial charge < -0.3 is 4.74 Å². The monoisotopic (exact) mass is 199 g/mol. The molecule has 2 nitrogen and oxygen atoms in total. The Labute approximate surface area is 89.5 Å². The number of hydrogen-bond acceptors (Lipinski definition) is 2. The molecule has 3 rings (SSSR count). The summed E-state index contributed by atoms with van der Waals surface area (Å²) in [6.45, 7) is 4.50. The molecular formula is C13H13NO. The van der Waals surface area contributed by atoms with E-state index in [1.807, 2.05) is 12.1 Å². The predicted molar refractivity (Wildman–Crippen MR) is 56.3 cm³/mol. The molecule has 1 fully saturated rings. The molecule has 76 valence electrons. The first-order valence-electron chi connectivity index (χ1n) is 5.30. The topological polar surface area (TPSA) is 36.3 Å². The molecule has 0 saturated carbocycles. The van der Waals surface area contributed by atoms with Crippen LogP contribution < -0.4 is 0 Å². The highest BCUT2D eigenvalue weighted by Crippen LogP contribution is 2.55. The summed E-state index contributed by atoms with van der Waals surface area (Å²) < 4.78 is 5.71. The van der Waals surface area contributed by atoms with Gasteiger partial charge in [0.2, 0.25) is 0 Å². The number of fused-ring (bicyclic) bond motifs is 3. The van der Waals surface area contributed by atoms with Crippen LogP contribution in [0.1, 0.15) is 36.6 Å². The van der Waals surface area contributed by atoms with Gasteiger partial charge in [-0.2, -0.15) is 5.26 Å². The van der Waals surface area contributed by atoms with Crippen LogP contribution in [0.3, 0.4) is 0 Å². The van der Waals surface area contributed by atoms with Gasteiger partial charge in [-0.05, 0) is 35.1 Å². The van der Waals surface area contributed by atoms with E-state index in [4.69, 9.17) is 10.00 Å². The van der Waals surface area contributed by atoms with Crippen LogP contribution in [0.15, 0.2) is 18.2 Å². The Bertz CT molecular complexity index is 470. The molecule has 2 heteroatoms. The summed E-state index contributed by atoms with van der Waals surface area (Å²) in [6.07, 6.45) is 1.66. The lowest BCUT2D eigenvalue weighted by atomic mass is 9.74. The number of benzene rings is 1. The normalized spacial score (nSPS) is 29.9. The maximum atomic E-state index is 8.85. The fourth-order valence-electron chi connectivity index (χ4n) is 2.62. The van der Waals surface area contributed by atoms with Gasteiger partial charge in [0.15, 0.2) is 0 Å². The van der Waals surface area contributed by atoms with E-state index in [0.717, 1.165) is 12.0 Å². The predicted octanol–water partition coefficient (Wildman–Crippen LogP) is 2.58. The van der Waals surface area contributed by atoms with Gasteiger partial charge in [-0.3, -0.25) is 0 Å². The van der Waals surface area contributed by atoms with Crippen molar-refractivity contribution in [3.8, 4) is 6.07 Å². The van der Waals surface area contributed by atoms with E-state index in [9.17, 15) is 0 Å². The molecule has 1 saturated heterocycles. The summed E-state index contributed by atoms with van der Waals surface area (Å²) in [6, 6.07) is 8.14. The van der Waals surface area contributed by atoms with Crippen molar-refractivity contribution in [1.82, 2.24) is 0 Å². The average molecular weight is 199 g/mol. The lowest BCUT2D eigenvalue weighted by Crippen LogP contribution is -2.26. The Morgan fingerprint density at radius 1 is 1.47 bits per heavy atom. The third kappa shape index (κ3) is 1.20. The number of nitriles is 1. The van der Waals surface area contributed by atoms with Crippen molar-refractivity contribution in [2.75, 3.05) is 0 Å². The standard InChI is InChI=1S/C13H13NO/c1-13(2)6-9-4-3-8(7-14)5-10(9)11-12(13)15-11/h3-5,11-12H,6H2,1-2H3/t11-,12-/m0/s1. The summed E-state index contributed by atoms with van der Waals surface area (Å²) in [5.74, 6) is 0. The van der Waals surface area contributed by atoms with Crippen LogP contribution in [0.2, 0.25) is 0 Å². The van der Waals surface area contributed by atoms with E-state index < -0.39 is 0 Å². The van der Waals surface area contributed by atoms with Crippen LogP contribution in [-0.2, 0) is 11.2 Å². The van der Waals surface area contributed by atoms with Crippen molar-refractivity contribution < 1.29 is 4.74 Å². The van der Waals surface area contributed by atoms with Crippen LogP contribution in [0, 0.1) is 16.7 Å². The second-order valence-electron chi connectivity index (χ2n) is 5.17. The minimum atomic E-state index is 0.242. The number of rotatable bonds is 0. The second-order valence-corrected chi connectivity index (χ2v) is 5.17. The first-order valence-corrected chi connectivity index (χ1v) is 5.30. The molecule has 15 heavy (non-hydrogen) atoms. The van der Waals surface area contributed by atoms with Gasteiger partial charge in [-0.1, -0.05) is 19.9 Å². The molecule has 1 aromatic rings. The van der Waals surface area contributed by atoms with Crippen molar-refractivity contribution in [3.63, 3.8) is 0 Å². The fraction of sp³-hybridized carbons (Fsp3) is 0.462. The summed E-state index contributed by atoms with van der Waals surface area (Å²) in [5, 5.41) is 8.85. The van der Waals surface area contributed by atoms with Crippen molar-refractivity contribution in [3.05, 3.63) is 34.9 Å². The Hall–Kier alpha value is -1.33. The number of epoxide rings is 1. The summed E-state index contributed by atoms with van der Waals surface area (Å²) in [5.41, 5.74) is 3.56. The zero-order valence-electron chi connectivity index (χ0n) is 8.95. The molecular weight excluding hydrogens is 186 g/mol. The summed E-state index contributed by atoms with van der Waals surface area (Å²) >= 11 is 0. The van der Waals surface area contributed by atoms with Crippen molar-refractivity contribution in [2.45, 2.75) is 32.5 Å². The molecule has 1 aliphatic heterocycles. The van der Waals surface area contributed by atoms with Gasteiger partial charge in [0.1, 0.15) is 6.10 Å². The number of hydrogen-bond donors (Lipinski definition) is 0. The third-order valence-corrected chi connectivity index (χ3v) is 3.49. The zero-order chi connectivity index (χ0) is 10.6. The highest BCUT2D eigenvalue weighted by Gasteiger charge is 2.54. The highest BCUT2D eigenvalue weighted by atomic mass is 16.6. The van der Waals surface area contributed by atoms with E-state index in [2.05, 4.69) is 26.0 Å². The van der Waals surface area contributed by atoms with E-state index >= 15 is 0 Å². The molecule has 1 aromatic carbocycles. The zero-order valence-corrected chi connectivity index (χ0v) is 8.95. The van der Waals surface area contributed by atoms with Crippen molar-refractivity contribution in [1.29, 1.82) is 5.26 Å². The van der Waals surface area contributed by atoms with Crippen molar-refractivity contribution >= 4 is 0 Å². The van der Waals surface area contributed by atoms with Crippen LogP contribution in [0.25, 0.3) is 0 Å². The smallest absolute Gasteiger partial charge is 0.110 e. The van der Waals surface area contributed by atoms with Gasteiger partial charge in [0.25, 0.3) is 0 Å². The number of ether oxygens (including phenoxy) is 1. The lowest BCUT2D eigenvalue weighted by molar-refractivity contribution is 0.242. The first-order chi connectivity index (χ1) is 7.12. The molecule has 2 aliphatic rings. The molecule has 0 spiro atoms. The largest absolute Gasteiger partial charge is 0.364 e. The highest BCUT2D eigenvalue weighted by molar-refractivity contribution is 5.44. The van der Waals surface area contributed by atoms with Gasteiger partial charge in [0, 0.05) is 0 Å². The molecule has 1 aliphatic carbocycles. The molecule has 0 aromatic heterocycles. The van der Waals surface area contributed by atoms with Crippen LogP contribution in [0.5, 0.6) is 0 Å². The molecule has 2 atom stereocenters. The minimum absolute atomic E-state index is 0.242. The summed E-state index contributed by atoms with van der Waals surface area (Å²) in [4.78, 5) is 0. The fourth-order valence-corrected chi connectivity index (χ4v) is 2.62. The Kier molecular flexibility index (Phi) is 1.56. The van der Waals surface area contributed by atoms with Crippen LogP contribution in [-0.4, -0.2) is 6.10 Å². The first kappa shape index (κ1) is 8.94. The molecule has 0 bridgehead atoms. The lowest BCUT2D eigenvalue weighted by Gasteiger charge is -2.27. The van der Waals surface area contributed by atoms with Crippen molar-refractivity contribution in [2.24, 2.45) is 5.41 Å². The van der Waals surface area contributed by atoms with Gasteiger partial charge in [0.05, 0.1) is 17.7 Å². The second kappa shape index (κ2) is 2.62. The molecule has 1 heterocycles. The van der Waals surface area contributed by atoms with Crippen LogP contribution in [0.4, 0.5) is 0 Å². The minimum Gasteiger partial charge on any atom is -0.364 e. The van der Waals surface area contributed by atoms with E-state index in [0.29, 0.717) is 6.10 Å². The van der Waals surface area contributed by atoms with E-state index in [-0.39, 0.29) is 11.5 Å². The van der Waals surface area contributed by atoms with Crippen LogP contribution >= 0.6 is 0 Å². The van der Waals surface area contributed by atoms with Gasteiger partial charge in [-0.15, -0.1) is 0 Å². The number of nitrogens with zero attached hydrogens (tertiary/aromatic N) is 1. The molecule has 0 unspecified atom stereocenters.